The molecule has 1 atom stereocenters. The Morgan fingerprint density at radius 3 is 2.45 bits per heavy atom. The molecule has 20 heavy (non-hydrogen) atoms. The Balaban J connectivity index is 1.72. The van der Waals surface area contributed by atoms with Crippen molar-refractivity contribution >= 4 is 21.8 Å². The predicted octanol–water partition coefficient (Wildman–Crippen LogP) is 2.80. The Bertz CT molecular complexity index is 492. The molecule has 2 aliphatic rings. The molecule has 1 aromatic carbocycles. The van der Waals surface area contributed by atoms with Crippen LogP contribution < -0.4 is 10.6 Å². The Hall–Kier alpha value is -0.870. The summed E-state index contributed by atoms with van der Waals surface area (Å²) in [6.07, 6.45) is 3.29. The Labute approximate surface area is 128 Å². The van der Waals surface area contributed by atoms with Crippen molar-refractivity contribution < 1.29 is 4.79 Å². The highest BCUT2D eigenvalue weighted by Gasteiger charge is 2.41. The van der Waals surface area contributed by atoms with E-state index in [1.54, 1.807) is 0 Å². The van der Waals surface area contributed by atoms with Crippen LogP contribution in [0.1, 0.15) is 31.7 Å². The summed E-state index contributed by atoms with van der Waals surface area (Å²) in [6, 6.07) is 8.36. The molecule has 1 aliphatic carbocycles. The third-order valence-corrected chi connectivity index (χ3v) is 5.43. The molecule has 3 nitrogen and oxygen atoms in total. The van der Waals surface area contributed by atoms with Crippen LogP contribution in [-0.4, -0.2) is 19.0 Å². The molecule has 0 aromatic heterocycles. The van der Waals surface area contributed by atoms with Crippen molar-refractivity contribution in [2.45, 2.75) is 31.7 Å². The van der Waals surface area contributed by atoms with E-state index in [0.717, 1.165) is 30.4 Å². The van der Waals surface area contributed by atoms with E-state index in [2.05, 4.69) is 57.8 Å². The molecule has 1 heterocycles. The van der Waals surface area contributed by atoms with Crippen LogP contribution in [0.5, 0.6) is 0 Å². The minimum atomic E-state index is -0.122. The van der Waals surface area contributed by atoms with E-state index in [9.17, 15) is 4.79 Å². The maximum atomic E-state index is 12.5. The quantitative estimate of drug-likeness (QED) is 0.887. The maximum absolute atomic E-state index is 12.5. The van der Waals surface area contributed by atoms with Crippen LogP contribution in [0.25, 0.3) is 0 Å². The van der Waals surface area contributed by atoms with Crippen LogP contribution in [-0.2, 0) is 10.3 Å². The molecule has 0 radical (unpaired) electrons. The van der Waals surface area contributed by atoms with Gasteiger partial charge in [-0.1, -0.05) is 35.0 Å². The average molecular weight is 337 g/mol. The standard InChI is InChI=1S/C16H21BrN2O/c1-11(12-9-18-10-12)15(20)19-16(7-2-8-16)13-3-5-14(17)6-4-13/h3-6,11-12,18H,2,7-10H2,1H3,(H,19,20). The van der Waals surface area contributed by atoms with E-state index in [-0.39, 0.29) is 17.4 Å². The zero-order valence-electron chi connectivity index (χ0n) is 11.8. The fourth-order valence-corrected chi connectivity index (χ4v) is 3.28. The first-order chi connectivity index (χ1) is 9.61. The van der Waals surface area contributed by atoms with Gasteiger partial charge in [0.25, 0.3) is 0 Å². The van der Waals surface area contributed by atoms with E-state index in [4.69, 9.17) is 0 Å². The molecule has 1 saturated heterocycles. The fraction of sp³-hybridized carbons (Fsp3) is 0.562. The zero-order chi connectivity index (χ0) is 14.2. The molecule has 1 amide bonds. The van der Waals surface area contributed by atoms with Crippen LogP contribution in [0.3, 0.4) is 0 Å². The van der Waals surface area contributed by atoms with Crippen molar-refractivity contribution in [2.24, 2.45) is 11.8 Å². The number of halogens is 1. The lowest BCUT2D eigenvalue weighted by atomic mass is 9.71. The molecule has 108 valence electrons. The van der Waals surface area contributed by atoms with Gasteiger partial charge in [0.15, 0.2) is 0 Å². The van der Waals surface area contributed by atoms with Crippen LogP contribution >= 0.6 is 15.9 Å². The first kappa shape index (κ1) is 14.1. The second kappa shape index (κ2) is 5.49. The molecule has 2 N–H and O–H groups in total. The number of carbonyl (C=O) groups is 1. The number of carbonyl (C=O) groups excluding carboxylic acids is 1. The van der Waals surface area contributed by atoms with Crippen LogP contribution in [0.15, 0.2) is 28.7 Å². The van der Waals surface area contributed by atoms with Gasteiger partial charge in [0.05, 0.1) is 5.54 Å². The SMILES string of the molecule is CC(C(=O)NC1(c2ccc(Br)cc2)CCC1)C1CNC1. The molecule has 0 spiro atoms. The fourth-order valence-electron chi connectivity index (χ4n) is 3.01. The second-order valence-corrected chi connectivity index (χ2v) is 7.05. The van der Waals surface area contributed by atoms with Crippen LogP contribution in [0.2, 0.25) is 0 Å². The number of hydrogen-bond acceptors (Lipinski definition) is 2. The van der Waals surface area contributed by atoms with E-state index in [0.29, 0.717) is 5.92 Å². The highest BCUT2D eigenvalue weighted by atomic mass is 79.9. The lowest BCUT2D eigenvalue weighted by Crippen LogP contribution is -2.56. The Kier molecular flexibility index (Phi) is 3.87. The van der Waals surface area contributed by atoms with Gasteiger partial charge >= 0.3 is 0 Å². The summed E-state index contributed by atoms with van der Waals surface area (Å²) in [6.45, 7) is 3.99. The molecule has 0 bridgehead atoms. The summed E-state index contributed by atoms with van der Waals surface area (Å²) in [4.78, 5) is 12.5. The predicted molar refractivity (Wildman–Crippen MR) is 83.3 cm³/mol. The van der Waals surface area contributed by atoms with Gasteiger partial charge < -0.3 is 10.6 Å². The molecule has 3 rings (SSSR count). The van der Waals surface area contributed by atoms with Crippen molar-refractivity contribution in [1.82, 2.24) is 10.6 Å². The minimum Gasteiger partial charge on any atom is -0.346 e. The van der Waals surface area contributed by atoms with Crippen molar-refractivity contribution in [1.29, 1.82) is 0 Å². The topological polar surface area (TPSA) is 41.1 Å². The number of benzene rings is 1. The van der Waals surface area contributed by atoms with Crippen molar-refractivity contribution in [3.63, 3.8) is 0 Å². The molecule has 1 unspecified atom stereocenters. The monoisotopic (exact) mass is 336 g/mol. The van der Waals surface area contributed by atoms with E-state index < -0.39 is 0 Å². The number of hydrogen-bond donors (Lipinski definition) is 2. The number of nitrogens with one attached hydrogen (secondary N) is 2. The first-order valence-electron chi connectivity index (χ1n) is 7.39. The van der Waals surface area contributed by atoms with Gasteiger partial charge in [-0.2, -0.15) is 0 Å². The molecule has 1 aliphatic heterocycles. The molecule has 2 fully saturated rings. The Morgan fingerprint density at radius 2 is 2.00 bits per heavy atom. The van der Waals surface area contributed by atoms with Gasteiger partial charge in [0.2, 0.25) is 5.91 Å². The van der Waals surface area contributed by atoms with Crippen LogP contribution in [0, 0.1) is 11.8 Å². The third kappa shape index (κ3) is 2.51. The van der Waals surface area contributed by atoms with Crippen molar-refractivity contribution in [2.75, 3.05) is 13.1 Å². The van der Waals surface area contributed by atoms with E-state index in [1.165, 1.54) is 12.0 Å². The highest BCUT2D eigenvalue weighted by Crippen LogP contribution is 2.42. The summed E-state index contributed by atoms with van der Waals surface area (Å²) in [5, 5.41) is 6.57. The summed E-state index contributed by atoms with van der Waals surface area (Å²) < 4.78 is 1.08. The van der Waals surface area contributed by atoms with Crippen molar-refractivity contribution in [3.05, 3.63) is 34.3 Å². The number of rotatable bonds is 4. The highest BCUT2D eigenvalue weighted by molar-refractivity contribution is 9.10. The lowest BCUT2D eigenvalue weighted by molar-refractivity contribution is -0.130. The second-order valence-electron chi connectivity index (χ2n) is 6.14. The third-order valence-electron chi connectivity index (χ3n) is 4.90. The Morgan fingerprint density at radius 1 is 1.35 bits per heavy atom. The number of amides is 1. The smallest absolute Gasteiger partial charge is 0.223 e. The van der Waals surface area contributed by atoms with Crippen LogP contribution in [0.4, 0.5) is 0 Å². The van der Waals surface area contributed by atoms with Crippen molar-refractivity contribution in [3.8, 4) is 0 Å². The van der Waals surface area contributed by atoms with Gasteiger partial charge in [-0.25, -0.2) is 0 Å². The minimum absolute atomic E-state index is 0.101. The average Bonchev–Trinajstić information content (AvgIpc) is 2.32. The van der Waals surface area contributed by atoms with Gasteiger partial charge in [0.1, 0.15) is 0 Å². The molecular weight excluding hydrogens is 316 g/mol. The molecule has 1 aromatic rings. The molecule has 1 saturated carbocycles. The maximum Gasteiger partial charge on any atom is 0.223 e. The van der Waals surface area contributed by atoms with Gasteiger partial charge in [-0.15, -0.1) is 0 Å². The largest absolute Gasteiger partial charge is 0.346 e. The molecular formula is C16H21BrN2O. The summed E-state index contributed by atoms with van der Waals surface area (Å²) in [5.41, 5.74) is 1.11. The summed E-state index contributed by atoms with van der Waals surface area (Å²) >= 11 is 3.47. The summed E-state index contributed by atoms with van der Waals surface area (Å²) in [5.74, 6) is 0.806. The molecule has 4 heteroatoms. The zero-order valence-corrected chi connectivity index (χ0v) is 13.4. The van der Waals surface area contributed by atoms with Gasteiger partial charge in [0, 0.05) is 10.4 Å². The van der Waals surface area contributed by atoms with E-state index in [1.807, 2.05) is 0 Å². The van der Waals surface area contributed by atoms with Gasteiger partial charge in [-0.3, -0.25) is 4.79 Å². The summed E-state index contributed by atoms with van der Waals surface area (Å²) in [7, 11) is 0. The van der Waals surface area contributed by atoms with Gasteiger partial charge in [-0.05, 0) is 56.0 Å². The normalized spacial score (nSPS) is 22.5. The first-order valence-corrected chi connectivity index (χ1v) is 8.19. The lowest BCUT2D eigenvalue weighted by Gasteiger charge is -2.44. The van der Waals surface area contributed by atoms with E-state index >= 15 is 0 Å².